The van der Waals surface area contributed by atoms with E-state index in [1.165, 1.54) is 5.56 Å². The van der Waals surface area contributed by atoms with Crippen LogP contribution in [-0.2, 0) is 6.42 Å². The summed E-state index contributed by atoms with van der Waals surface area (Å²) in [6.45, 7) is 0. The normalized spacial score (nSPS) is 15.7. The predicted octanol–water partition coefficient (Wildman–Crippen LogP) is 3.53. The molecule has 1 aliphatic carbocycles. The lowest BCUT2D eigenvalue weighted by molar-refractivity contribution is 0.806. The lowest BCUT2D eigenvalue weighted by Crippen LogP contribution is -1.96. The molecule has 2 rings (SSSR count). The Morgan fingerprint density at radius 3 is 2.07 bits per heavy atom. The van der Waals surface area contributed by atoms with E-state index in [1.54, 1.807) is 0 Å². The van der Waals surface area contributed by atoms with Gasteiger partial charge in [0.1, 0.15) is 0 Å². The first-order valence-electron chi connectivity index (χ1n) is 5.01. The van der Waals surface area contributed by atoms with Gasteiger partial charge in [0.05, 0.1) is 0 Å². The molecular weight excluding hydrogens is 168 g/mol. The van der Waals surface area contributed by atoms with Crippen LogP contribution in [0.15, 0.2) is 66.8 Å². The molecule has 0 nitrogen and oxygen atoms in total. The number of rotatable bonds is 2. The second kappa shape index (κ2) is 4.61. The molecular formula is C14H14. The molecule has 0 saturated heterocycles. The fraction of sp³-hybridized carbons (Fsp3) is 0.143. The van der Waals surface area contributed by atoms with Gasteiger partial charge in [-0.1, -0.05) is 66.8 Å². The fourth-order valence-electron chi connectivity index (χ4n) is 1.63. The molecule has 70 valence electrons. The number of benzene rings is 1. The van der Waals surface area contributed by atoms with Gasteiger partial charge in [-0.25, -0.2) is 0 Å². The number of hydrogen-bond acceptors (Lipinski definition) is 0. The quantitative estimate of drug-likeness (QED) is 0.656. The average Bonchev–Trinajstić information content (AvgIpc) is 2.48. The molecule has 0 aliphatic heterocycles. The van der Waals surface area contributed by atoms with E-state index < -0.39 is 0 Å². The summed E-state index contributed by atoms with van der Waals surface area (Å²) in [5.41, 5.74) is 1.40. The van der Waals surface area contributed by atoms with Crippen molar-refractivity contribution in [3.8, 4) is 0 Å². The van der Waals surface area contributed by atoms with Gasteiger partial charge >= 0.3 is 0 Å². The van der Waals surface area contributed by atoms with Crippen LogP contribution in [0.25, 0.3) is 0 Å². The summed E-state index contributed by atoms with van der Waals surface area (Å²) < 4.78 is 0. The molecule has 0 fully saturated rings. The van der Waals surface area contributed by atoms with Crippen LogP contribution in [0.2, 0.25) is 0 Å². The molecule has 0 saturated carbocycles. The van der Waals surface area contributed by atoms with E-state index in [2.05, 4.69) is 66.8 Å². The van der Waals surface area contributed by atoms with Crippen LogP contribution in [-0.4, -0.2) is 0 Å². The maximum absolute atomic E-state index is 2.24. The highest BCUT2D eigenvalue weighted by molar-refractivity contribution is 5.23. The summed E-state index contributed by atoms with van der Waals surface area (Å²) in [5.74, 6) is 0.535. The Morgan fingerprint density at radius 2 is 1.43 bits per heavy atom. The van der Waals surface area contributed by atoms with Crippen molar-refractivity contribution in [1.82, 2.24) is 0 Å². The summed E-state index contributed by atoms with van der Waals surface area (Å²) in [6, 6.07) is 10.6. The summed E-state index contributed by atoms with van der Waals surface area (Å²) in [7, 11) is 0. The van der Waals surface area contributed by atoms with E-state index in [1.807, 2.05) is 0 Å². The Hall–Kier alpha value is -1.56. The van der Waals surface area contributed by atoms with Gasteiger partial charge in [-0.15, -0.1) is 0 Å². The molecule has 0 heteroatoms. The highest BCUT2D eigenvalue weighted by Gasteiger charge is 2.01. The molecule has 0 atom stereocenters. The molecule has 0 amide bonds. The monoisotopic (exact) mass is 182 g/mol. The maximum Gasteiger partial charge on any atom is -0.000683 e. The SMILES string of the molecule is C1=CC=CC(Cc2ccccc2)C=C1. The smallest absolute Gasteiger partial charge is 0.000683 e. The van der Waals surface area contributed by atoms with E-state index in [-0.39, 0.29) is 0 Å². The van der Waals surface area contributed by atoms with Crippen molar-refractivity contribution in [3.63, 3.8) is 0 Å². The molecule has 14 heavy (non-hydrogen) atoms. The van der Waals surface area contributed by atoms with Gasteiger partial charge in [-0.3, -0.25) is 0 Å². The van der Waals surface area contributed by atoms with Crippen molar-refractivity contribution in [2.45, 2.75) is 6.42 Å². The molecule has 0 radical (unpaired) electrons. The minimum Gasteiger partial charge on any atom is -0.0773 e. The number of allylic oxidation sites excluding steroid dienone is 6. The Morgan fingerprint density at radius 1 is 0.786 bits per heavy atom. The van der Waals surface area contributed by atoms with Crippen LogP contribution in [0.5, 0.6) is 0 Å². The first-order chi connectivity index (χ1) is 6.95. The highest BCUT2D eigenvalue weighted by atomic mass is 14.1. The van der Waals surface area contributed by atoms with E-state index in [4.69, 9.17) is 0 Å². The second-order valence-electron chi connectivity index (χ2n) is 3.51. The van der Waals surface area contributed by atoms with E-state index in [0.29, 0.717) is 5.92 Å². The minimum atomic E-state index is 0.535. The average molecular weight is 182 g/mol. The standard InChI is InChI=1S/C14H14/c1-2-5-9-13(8-4-1)12-14-10-6-3-7-11-14/h1-11,13H,12H2. The molecule has 1 aromatic carbocycles. The lowest BCUT2D eigenvalue weighted by atomic mass is 9.99. The summed E-state index contributed by atoms with van der Waals surface area (Å²) in [5, 5.41) is 0. The van der Waals surface area contributed by atoms with Crippen molar-refractivity contribution in [1.29, 1.82) is 0 Å². The lowest BCUT2D eigenvalue weighted by Gasteiger charge is -2.06. The van der Waals surface area contributed by atoms with Crippen LogP contribution in [0.4, 0.5) is 0 Å². The second-order valence-corrected chi connectivity index (χ2v) is 3.51. The van der Waals surface area contributed by atoms with Crippen LogP contribution in [0.3, 0.4) is 0 Å². The third kappa shape index (κ3) is 2.46. The largest absolute Gasteiger partial charge is 0.0773 e. The Labute approximate surface area is 85.3 Å². The van der Waals surface area contributed by atoms with Gasteiger partial charge in [0.25, 0.3) is 0 Å². The van der Waals surface area contributed by atoms with Gasteiger partial charge in [0.15, 0.2) is 0 Å². The van der Waals surface area contributed by atoms with Crippen LogP contribution < -0.4 is 0 Å². The fourth-order valence-corrected chi connectivity index (χ4v) is 1.63. The topological polar surface area (TPSA) is 0 Å². The highest BCUT2D eigenvalue weighted by Crippen LogP contribution is 2.13. The van der Waals surface area contributed by atoms with Crippen LogP contribution in [0.1, 0.15) is 5.56 Å². The third-order valence-corrected chi connectivity index (χ3v) is 2.36. The molecule has 0 N–H and O–H groups in total. The Kier molecular flexibility index (Phi) is 2.97. The summed E-state index contributed by atoms with van der Waals surface area (Å²) in [6.07, 6.45) is 14.0. The molecule has 0 unspecified atom stereocenters. The molecule has 0 bridgehead atoms. The maximum atomic E-state index is 2.24. The predicted molar refractivity (Wildman–Crippen MR) is 61.1 cm³/mol. The summed E-state index contributed by atoms with van der Waals surface area (Å²) in [4.78, 5) is 0. The molecule has 0 heterocycles. The minimum absolute atomic E-state index is 0.535. The summed E-state index contributed by atoms with van der Waals surface area (Å²) >= 11 is 0. The zero-order valence-electron chi connectivity index (χ0n) is 8.14. The molecule has 0 spiro atoms. The zero-order chi connectivity index (χ0) is 9.64. The van der Waals surface area contributed by atoms with Gasteiger partial charge < -0.3 is 0 Å². The Balaban J connectivity index is 2.05. The zero-order valence-corrected chi connectivity index (χ0v) is 8.14. The first kappa shape index (κ1) is 9.01. The molecule has 0 aromatic heterocycles. The van der Waals surface area contributed by atoms with Crippen molar-refractivity contribution in [2.24, 2.45) is 5.92 Å². The van der Waals surface area contributed by atoms with Gasteiger partial charge in [0.2, 0.25) is 0 Å². The van der Waals surface area contributed by atoms with Crippen molar-refractivity contribution >= 4 is 0 Å². The first-order valence-corrected chi connectivity index (χ1v) is 5.01. The van der Waals surface area contributed by atoms with Crippen molar-refractivity contribution in [3.05, 3.63) is 72.4 Å². The van der Waals surface area contributed by atoms with Crippen molar-refractivity contribution < 1.29 is 0 Å². The van der Waals surface area contributed by atoms with Crippen molar-refractivity contribution in [2.75, 3.05) is 0 Å². The van der Waals surface area contributed by atoms with Crippen LogP contribution in [0, 0.1) is 5.92 Å². The van der Waals surface area contributed by atoms with Gasteiger partial charge in [0, 0.05) is 0 Å². The molecule has 1 aromatic rings. The van der Waals surface area contributed by atoms with E-state index in [9.17, 15) is 0 Å². The Bertz CT molecular complexity index is 339. The van der Waals surface area contributed by atoms with Gasteiger partial charge in [-0.2, -0.15) is 0 Å². The number of hydrogen-bond donors (Lipinski definition) is 0. The molecule has 1 aliphatic rings. The third-order valence-electron chi connectivity index (χ3n) is 2.36. The van der Waals surface area contributed by atoms with E-state index in [0.717, 1.165) is 6.42 Å². The van der Waals surface area contributed by atoms with Crippen LogP contribution >= 0.6 is 0 Å². The van der Waals surface area contributed by atoms with E-state index >= 15 is 0 Å². The van der Waals surface area contributed by atoms with Gasteiger partial charge in [-0.05, 0) is 17.9 Å².